The van der Waals surface area contributed by atoms with Gasteiger partial charge < -0.3 is 15.2 Å². The van der Waals surface area contributed by atoms with Gasteiger partial charge in [-0.25, -0.2) is 28.7 Å². The van der Waals surface area contributed by atoms with Crippen LogP contribution in [-0.2, 0) is 19.5 Å². The summed E-state index contributed by atoms with van der Waals surface area (Å²) in [5, 5.41) is 6.34. The molecule has 0 fully saturated rings. The Hall–Kier alpha value is -3.46. The van der Waals surface area contributed by atoms with E-state index in [4.69, 9.17) is 0 Å². The third-order valence-electron chi connectivity index (χ3n) is 5.49. The summed E-state index contributed by atoms with van der Waals surface area (Å²) in [5.41, 5.74) is 3.39. The van der Waals surface area contributed by atoms with Crippen LogP contribution >= 0.6 is 0 Å². The van der Waals surface area contributed by atoms with E-state index in [-0.39, 0.29) is 17.2 Å². The fourth-order valence-electron chi connectivity index (χ4n) is 3.98. The van der Waals surface area contributed by atoms with Crippen LogP contribution in [0.1, 0.15) is 24.0 Å². The molecule has 0 amide bonds. The standard InChI is InChI=1S/C22H21F2N7/c1-3-31-12(2)27-21-15(23)8-14(9-18(21)31)20-16(24)11-26-22(30-20)29-19-5-4-13-10-25-7-6-17(13)28-19/h4-5,8-9,11,25H,3,6-7,10H2,1-2H3,(H,26,28,29,30). The van der Waals surface area contributed by atoms with Crippen molar-refractivity contribution in [2.75, 3.05) is 11.9 Å². The minimum absolute atomic E-state index is 0.0157. The molecule has 0 aliphatic carbocycles. The summed E-state index contributed by atoms with van der Waals surface area (Å²) < 4.78 is 31.2. The maximum Gasteiger partial charge on any atom is 0.229 e. The minimum Gasteiger partial charge on any atom is -0.328 e. The van der Waals surface area contributed by atoms with Crippen molar-refractivity contribution < 1.29 is 8.78 Å². The highest BCUT2D eigenvalue weighted by Crippen LogP contribution is 2.29. The van der Waals surface area contributed by atoms with Crippen LogP contribution in [-0.4, -0.2) is 31.0 Å². The van der Waals surface area contributed by atoms with Gasteiger partial charge in [0.1, 0.15) is 22.9 Å². The Kier molecular flexibility index (Phi) is 4.82. The Balaban J connectivity index is 1.53. The molecule has 1 aliphatic heterocycles. The molecule has 0 atom stereocenters. The van der Waals surface area contributed by atoms with Crippen molar-refractivity contribution in [1.29, 1.82) is 0 Å². The van der Waals surface area contributed by atoms with Crippen LogP contribution in [0.15, 0.2) is 30.5 Å². The van der Waals surface area contributed by atoms with E-state index in [2.05, 4.69) is 30.6 Å². The van der Waals surface area contributed by atoms with Crippen molar-refractivity contribution in [3.05, 3.63) is 59.2 Å². The molecule has 5 rings (SSSR count). The number of hydrogen-bond donors (Lipinski definition) is 2. The Morgan fingerprint density at radius 3 is 2.84 bits per heavy atom. The molecule has 0 bridgehead atoms. The summed E-state index contributed by atoms with van der Waals surface area (Å²) in [4.78, 5) is 17.3. The van der Waals surface area contributed by atoms with E-state index in [0.29, 0.717) is 29.3 Å². The molecular weight excluding hydrogens is 400 g/mol. The molecule has 4 heterocycles. The molecule has 9 heteroatoms. The normalized spacial score (nSPS) is 13.4. The van der Waals surface area contributed by atoms with Crippen molar-refractivity contribution in [2.24, 2.45) is 0 Å². The summed E-state index contributed by atoms with van der Waals surface area (Å²) >= 11 is 0. The minimum atomic E-state index is -0.631. The molecule has 31 heavy (non-hydrogen) atoms. The van der Waals surface area contributed by atoms with Gasteiger partial charge in [-0.3, -0.25) is 0 Å². The van der Waals surface area contributed by atoms with Crippen molar-refractivity contribution in [1.82, 2.24) is 29.8 Å². The highest BCUT2D eigenvalue weighted by molar-refractivity contribution is 5.83. The van der Waals surface area contributed by atoms with E-state index in [1.165, 1.54) is 6.07 Å². The number of hydrogen-bond acceptors (Lipinski definition) is 6. The van der Waals surface area contributed by atoms with E-state index in [9.17, 15) is 8.78 Å². The summed E-state index contributed by atoms with van der Waals surface area (Å²) in [6.45, 7) is 6.07. The maximum absolute atomic E-state index is 14.7. The molecular formula is C22H21F2N7. The number of fused-ring (bicyclic) bond motifs is 2. The number of aromatic nitrogens is 5. The SMILES string of the molecule is CCn1c(C)nc2c(F)cc(-c3nc(Nc4ccc5c(n4)CCNC5)ncc3F)cc21. The van der Waals surface area contributed by atoms with E-state index in [0.717, 1.165) is 37.0 Å². The predicted molar refractivity (Wildman–Crippen MR) is 114 cm³/mol. The van der Waals surface area contributed by atoms with Gasteiger partial charge in [0.15, 0.2) is 11.6 Å². The third kappa shape index (κ3) is 3.50. The predicted octanol–water partition coefficient (Wildman–Crippen LogP) is 3.88. The smallest absolute Gasteiger partial charge is 0.229 e. The fourth-order valence-corrected chi connectivity index (χ4v) is 3.98. The van der Waals surface area contributed by atoms with Gasteiger partial charge in [0.25, 0.3) is 0 Å². The Labute approximate surface area is 177 Å². The maximum atomic E-state index is 14.7. The molecule has 7 nitrogen and oxygen atoms in total. The van der Waals surface area contributed by atoms with Crippen LogP contribution < -0.4 is 10.6 Å². The van der Waals surface area contributed by atoms with Crippen LogP contribution in [0.5, 0.6) is 0 Å². The zero-order valence-corrected chi connectivity index (χ0v) is 17.2. The van der Waals surface area contributed by atoms with Gasteiger partial charge in [-0.1, -0.05) is 6.07 Å². The number of nitrogens with zero attached hydrogens (tertiary/aromatic N) is 5. The lowest BCUT2D eigenvalue weighted by Crippen LogP contribution is -2.24. The second kappa shape index (κ2) is 7.66. The van der Waals surface area contributed by atoms with E-state index < -0.39 is 11.6 Å². The van der Waals surface area contributed by atoms with Crippen LogP contribution in [0, 0.1) is 18.6 Å². The van der Waals surface area contributed by atoms with Crippen LogP contribution in [0.4, 0.5) is 20.5 Å². The second-order valence-corrected chi connectivity index (χ2v) is 7.47. The first-order valence-corrected chi connectivity index (χ1v) is 10.2. The molecule has 3 aromatic heterocycles. The van der Waals surface area contributed by atoms with Crippen molar-refractivity contribution in [2.45, 2.75) is 33.4 Å². The molecule has 2 N–H and O–H groups in total. The third-order valence-corrected chi connectivity index (χ3v) is 5.49. The summed E-state index contributed by atoms with van der Waals surface area (Å²) in [7, 11) is 0. The Morgan fingerprint density at radius 2 is 2.00 bits per heavy atom. The molecule has 4 aromatic rings. The number of nitrogens with one attached hydrogen (secondary N) is 2. The average molecular weight is 421 g/mol. The number of halogens is 2. The van der Waals surface area contributed by atoms with E-state index >= 15 is 0 Å². The van der Waals surface area contributed by atoms with E-state index in [1.807, 2.05) is 30.5 Å². The fraction of sp³-hybridized carbons (Fsp3) is 0.273. The molecule has 1 aromatic carbocycles. The average Bonchev–Trinajstić information content (AvgIpc) is 3.10. The highest BCUT2D eigenvalue weighted by Gasteiger charge is 2.17. The summed E-state index contributed by atoms with van der Waals surface area (Å²) in [5.74, 6) is 0.332. The lowest BCUT2D eigenvalue weighted by Gasteiger charge is -2.17. The molecule has 1 aliphatic rings. The monoisotopic (exact) mass is 421 g/mol. The van der Waals surface area contributed by atoms with Crippen LogP contribution in [0.3, 0.4) is 0 Å². The zero-order chi connectivity index (χ0) is 21.5. The quantitative estimate of drug-likeness (QED) is 0.521. The molecule has 158 valence electrons. The lowest BCUT2D eigenvalue weighted by molar-refractivity contribution is 0.617. The number of rotatable bonds is 4. The van der Waals surface area contributed by atoms with Crippen molar-refractivity contribution >= 4 is 22.8 Å². The van der Waals surface area contributed by atoms with Crippen LogP contribution in [0.25, 0.3) is 22.3 Å². The Morgan fingerprint density at radius 1 is 1.13 bits per heavy atom. The first-order chi connectivity index (χ1) is 15.0. The Bertz CT molecular complexity index is 1300. The summed E-state index contributed by atoms with van der Waals surface area (Å²) in [6, 6.07) is 6.81. The van der Waals surface area contributed by atoms with Crippen molar-refractivity contribution in [3.63, 3.8) is 0 Å². The topological polar surface area (TPSA) is 80.5 Å². The zero-order valence-electron chi connectivity index (χ0n) is 17.2. The number of anilines is 2. The molecule has 0 saturated carbocycles. The van der Waals surface area contributed by atoms with Gasteiger partial charge in [-0.05, 0) is 37.6 Å². The summed E-state index contributed by atoms with van der Waals surface area (Å²) in [6.07, 6.45) is 1.92. The number of aryl methyl sites for hydroxylation is 2. The lowest BCUT2D eigenvalue weighted by atomic mass is 10.1. The largest absolute Gasteiger partial charge is 0.328 e. The molecule has 0 radical (unpaired) electrons. The molecule has 0 spiro atoms. The van der Waals surface area contributed by atoms with Gasteiger partial charge in [0.05, 0.1) is 11.7 Å². The van der Waals surface area contributed by atoms with Crippen molar-refractivity contribution in [3.8, 4) is 11.3 Å². The first kappa shape index (κ1) is 19.5. The number of benzene rings is 1. The molecule has 0 saturated heterocycles. The van der Waals surface area contributed by atoms with Gasteiger partial charge in [-0.2, -0.15) is 0 Å². The number of pyridine rings is 1. The number of imidazole rings is 1. The highest BCUT2D eigenvalue weighted by atomic mass is 19.1. The molecule has 0 unspecified atom stereocenters. The van der Waals surface area contributed by atoms with Gasteiger partial charge >= 0.3 is 0 Å². The second-order valence-electron chi connectivity index (χ2n) is 7.47. The van der Waals surface area contributed by atoms with E-state index in [1.54, 1.807) is 6.07 Å². The first-order valence-electron chi connectivity index (χ1n) is 10.2. The van der Waals surface area contributed by atoms with Gasteiger partial charge in [0, 0.05) is 37.3 Å². The van der Waals surface area contributed by atoms with Gasteiger partial charge in [0.2, 0.25) is 5.95 Å². The van der Waals surface area contributed by atoms with Crippen LogP contribution in [0.2, 0.25) is 0 Å². The van der Waals surface area contributed by atoms with Gasteiger partial charge in [-0.15, -0.1) is 0 Å².